The number of aromatic amines is 1. The van der Waals surface area contributed by atoms with Gasteiger partial charge in [-0.25, -0.2) is 9.37 Å². The largest absolute Gasteiger partial charge is 0.494 e. The highest BCUT2D eigenvalue weighted by Crippen LogP contribution is 2.36. The third-order valence-corrected chi connectivity index (χ3v) is 4.57. The summed E-state index contributed by atoms with van der Waals surface area (Å²) in [6.45, 7) is 1.90. The maximum Gasteiger partial charge on any atom is 0.174 e. The normalized spacial score (nSPS) is 10.6. The van der Waals surface area contributed by atoms with E-state index in [-0.39, 0.29) is 5.75 Å². The highest BCUT2D eigenvalue weighted by atomic mass is 19.1. The van der Waals surface area contributed by atoms with Gasteiger partial charge in [-0.2, -0.15) is 5.26 Å². The Labute approximate surface area is 167 Å². The minimum Gasteiger partial charge on any atom is -0.494 e. The molecule has 0 unspecified atom stereocenters. The highest BCUT2D eigenvalue weighted by molar-refractivity contribution is 5.80. The second kappa shape index (κ2) is 7.56. The Hall–Kier alpha value is -3.98. The van der Waals surface area contributed by atoms with Crippen molar-refractivity contribution in [3.8, 4) is 45.9 Å². The van der Waals surface area contributed by atoms with Crippen molar-refractivity contribution in [1.82, 2.24) is 15.0 Å². The lowest BCUT2D eigenvalue weighted by Crippen LogP contribution is -1.94. The summed E-state index contributed by atoms with van der Waals surface area (Å²) in [5, 5.41) is 9.02. The lowest BCUT2D eigenvalue weighted by molar-refractivity contribution is 0.387. The van der Waals surface area contributed by atoms with Crippen LogP contribution in [-0.4, -0.2) is 22.1 Å². The topological polar surface area (TPSA) is 74.6 Å². The van der Waals surface area contributed by atoms with Gasteiger partial charge in [0, 0.05) is 16.8 Å². The number of hydrogen-bond donors (Lipinski definition) is 1. The monoisotopic (exact) mass is 384 g/mol. The first-order valence-electron chi connectivity index (χ1n) is 8.98. The Morgan fingerprint density at radius 1 is 1.00 bits per heavy atom. The van der Waals surface area contributed by atoms with E-state index in [0.717, 1.165) is 11.3 Å². The molecule has 29 heavy (non-hydrogen) atoms. The van der Waals surface area contributed by atoms with Gasteiger partial charge in [-0.1, -0.05) is 12.1 Å². The van der Waals surface area contributed by atoms with Crippen LogP contribution in [0.4, 0.5) is 4.39 Å². The van der Waals surface area contributed by atoms with Gasteiger partial charge in [0.2, 0.25) is 0 Å². The van der Waals surface area contributed by atoms with Crippen molar-refractivity contribution in [2.75, 3.05) is 7.11 Å². The molecule has 0 fully saturated rings. The third kappa shape index (κ3) is 3.46. The van der Waals surface area contributed by atoms with E-state index in [1.165, 1.54) is 7.11 Å². The van der Waals surface area contributed by atoms with Gasteiger partial charge < -0.3 is 9.72 Å². The first-order valence-corrected chi connectivity index (χ1v) is 8.98. The molecule has 142 valence electrons. The Morgan fingerprint density at radius 3 is 2.45 bits per heavy atom. The molecule has 0 saturated heterocycles. The van der Waals surface area contributed by atoms with E-state index in [9.17, 15) is 0 Å². The number of methoxy groups -OCH3 is 1. The van der Waals surface area contributed by atoms with E-state index >= 15 is 4.39 Å². The van der Waals surface area contributed by atoms with E-state index in [0.29, 0.717) is 34.0 Å². The molecule has 4 aromatic rings. The molecule has 0 saturated carbocycles. The number of benzene rings is 2. The van der Waals surface area contributed by atoms with E-state index in [4.69, 9.17) is 10.00 Å². The summed E-state index contributed by atoms with van der Waals surface area (Å²) < 4.78 is 20.1. The summed E-state index contributed by atoms with van der Waals surface area (Å²) in [6, 6.07) is 19.7. The Bertz CT molecular complexity index is 1220. The van der Waals surface area contributed by atoms with E-state index in [1.807, 2.05) is 25.1 Å². The van der Waals surface area contributed by atoms with Crippen molar-refractivity contribution in [3.05, 3.63) is 77.7 Å². The molecule has 0 aliphatic heterocycles. The lowest BCUT2D eigenvalue weighted by Gasteiger charge is -2.07. The van der Waals surface area contributed by atoms with Crippen LogP contribution in [0.15, 0.2) is 60.7 Å². The summed E-state index contributed by atoms with van der Waals surface area (Å²) in [5.41, 5.74) is 4.22. The summed E-state index contributed by atoms with van der Waals surface area (Å²) in [6.07, 6.45) is 0. The van der Waals surface area contributed by atoms with Crippen LogP contribution in [-0.2, 0) is 0 Å². The fraction of sp³-hybridized carbons (Fsp3) is 0.0870. The number of nitrogens with one attached hydrogen (secondary N) is 1. The molecule has 6 heteroatoms. The van der Waals surface area contributed by atoms with Crippen LogP contribution in [0, 0.1) is 24.1 Å². The van der Waals surface area contributed by atoms with Gasteiger partial charge in [0.05, 0.1) is 30.1 Å². The Balaban J connectivity index is 1.93. The maximum absolute atomic E-state index is 15.0. The van der Waals surface area contributed by atoms with Gasteiger partial charge >= 0.3 is 0 Å². The molecule has 0 aliphatic carbocycles. The zero-order valence-corrected chi connectivity index (χ0v) is 15.9. The Morgan fingerprint density at radius 2 is 1.76 bits per heavy atom. The van der Waals surface area contributed by atoms with Crippen LogP contribution >= 0.6 is 0 Å². The summed E-state index contributed by atoms with van der Waals surface area (Å²) in [5.74, 6) is 0.223. The number of halogens is 1. The zero-order valence-electron chi connectivity index (χ0n) is 15.9. The van der Waals surface area contributed by atoms with Crippen LogP contribution in [0.25, 0.3) is 34.0 Å². The summed E-state index contributed by atoms with van der Waals surface area (Å²) >= 11 is 0. The third-order valence-electron chi connectivity index (χ3n) is 4.57. The van der Waals surface area contributed by atoms with Crippen LogP contribution < -0.4 is 4.74 Å². The molecule has 2 heterocycles. The SMILES string of the molecule is COc1cccc(-c2nc(-c3ccc(C#N)cc3)[nH]c2-c2cccc(C)n2)c1F. The summed E-state index contributed by atoms with van der Waals surface area (Å²) in [4.78, 5) is 12.5. The number of H-pyrrole nitrogens is 1. The Kier molecular flexibility index (Phi) is 4.80. The molecule has 0 amide bonds. The zero-order chi connectivity index (χ0) is 20.4. The van der Waals surface area contributed by atoms with E-state index in [2.05, 4.69) is 21.0 Å². The molecule has 2 aromatic carbocycles. The van der Waals surface area contributed by atoms with Gasteiger partial charge in [-0.15, -0.1) is 0 Å². The molecule has 4 rings (SSSR count). The molecule has 0 atom stereocenters. The average Bonchev–Trinajstić information content (AvgIpc) is 3.19. The number of nitriles is 1. The number of ether oxygens (including phenoxy) is 1. The molecule has 2 aromatic heterocycles. The maximum atomic E-state index is 15.0. The van der Waals surface area contributed by atoms with E-state index < -0.39 is 5.82 Å². The van der Waals surface area contributed by atoms with Crippen molar-refractivity contribution in [2.24, 2.45) is 0 Å². The smallest absolute Gasteiger partial charge is 0.174 e. The van der Waals surface area contributed by atoms with Crippen molar-refractivity contribution in [1.29, 1.82) is 5.26 Å². The molecular weight excluding hydrogens is 367 g/mol. The van der Waals surface area contributed by atoms with Crippen molar-refractivity contribution < 1.29 is 9.13 Å². The minimum absolute atomic E-state index is 0.147. The predicted octanol–water partition coefficient (Wildman–Crippen LogP) is 5.13. The molecule has 0 spiro atoms. The first kappa shape index (κ1) is 18.4. The number of hydrogen-bond acceptors (Lipinski definition) is 4. The first-order chi connectivity index (χ1) is 14.1. The number of nitrogens with zero attached hydrogens (tertiary/aromatic N) is 3. The lowest BCUT2D eigenvalue weighted by atomic mass is 10.1. The number of pyridine rings is 1. The number of rotatable bonds is 4. The van der Waals surface area contributed by atoms with Gasteiger partial charge in [0.15, 0.2) is 11.6 Å². The van der Waals surface area contributed by atoms with Gasteiger partial charge in [0.25, 0.3) is 0 Å². The number of aryl methyl sites for hydroxylation is 1. The van der Waals surface area contributed by atoms with Crippen LogP contribution in [0.1, 0.15) is 11.3 Å². The van der Waals surface area contributed by atoms with Crippen molar-refractivity contribution >= 4 is 0 Å². The predicted molar refractivity (Wildman–Crippen MR) is 109 cm³/mol. The summed E-state index contributed by atoms with van der Waals surface area (Å²) in [7, 11) is 1.43. The number of aromatic nitrogens is 3. The fourth-order valence-corrected chi connectivity index (χ4v) is 3.13. The quantitative estimate of drug-likeness (QED) is 0.529. The standard InChI is InChI=1S/C23H17FN4O/c1-14-5-3-7-18(26-14)22-21(17-6-4-8-19(29-2)20(17)24)27-23(28-22)16-11-9-15(13-25)10-12-16/h3-12H,1-2H3,(H,27,28). The van der Waals surface area contributed by atoms with Crippen LogP contribution in [0.2, 0.25) is 0 Å². The van der Waals surface area contributed by atoms with Crippen molar-refractivity contribution in [2.45, 2.75) is 6.92 Å². The average molecular weight is 384 g/mol. The second-order valence-electron chi connectivity index (χ2n) is 6.48. The van der Waals surface area contributed by atoms with Crippen LogP contribution in [0.5, 0.6) is 5.75 Å². The molecule has 1 N–H and O–H groups in total. The fourth-order valence-electron chi connectivity index (χ4n) is 3.13. The minimum atomic E-state index is -0.484. The second-order valence-corrected chi connectivity index (χ2v) is 6.48. The number of imidazole rings is 1. The van der Waals surface area contributed by atoms with E-state index in [1.54, 1.807) is 42.5 Å². The van der Waals surface area contributed by atoms with Gasteiger partial charge in [0.1, 0.15) is 11.5 Å². The molecule has 0 bridgehead atoms. The van der Waals surface area contributed by atoms with Crippen LogP contribution in [0.3, 0.4) is 0 Å². The van der Waals surface area contributed by atoms with Gasteiger partial charge in [-0.3, -0.25) is 4.98 Å². The highest BCUT2D eigenvalue weighted by Gasteiger charge is 2.20. The van der Waals surface area contributed by atoms with Gasteiger partial charge in [-0.05, 0) is 55.5 Å². The molecular formula is C23H17FN4O. The molecule has 0 aliphatic rings. The molecule has 5 nitrogen and oxygen atoms in total. The van der Waals surface area contributed by atoms with Crippen molar-refractivity contribution in [3.63, 3.8) is 0 Å². The molecule has 0 radical (unpaired) electrons.